The average Bonchev–Trinajstić information content (AvgIpc) is 3.02. The summed E-state index contributed by atoms with van der Waals surface area (Å²) < 4.78 is 15.2. The molecule has 0 atom stereocenters. The van der Waals surface area contributed by atoms with Gasteiger partial charge in [-0.1, -0.05) is 11.6 Å². The van der Waals surface area contributed by atoms with E-state index in [1.165, 1.54) is 45.6 Å². The number of methoxy groups -OCH3 is 3. The molecule has 3 amide bonds. The minimum atomic E-state index is -0.617. The van der Waals surface area contributed by atoms with Crippen molar-refractivity contribution in [1.29, 1.82) is 0 Å². The van der Waals surface area contributed by atoms with E-state index in [1.807, 2.05) is 0 Å². The molecule has 0 bridgehead atoms. The van der Waals surface area contributed by atoms with Gasteiger partial charge in [-0.2, -0.15) is 0 Å². The molecular weight excluding hydrogens is 460 g/mol. The maximum absolute atomic E-state index is 12.7. The summed E-state index contributed by atoms with van der Waals surface area (Å²) in [4.78, 5) is 38.4. The van der Waals surface area contributed by atoms with Crippen molar-refractivity contribution >= 4 is 52.2 Å². The highest BCUT2D eigenvalue weighted by atomic mass is 35.5. The van der Waals surface area contributed by atoms with Gasteiger partial charge in [0.15, 0.2) is 11.5 Å². The van der Waals surface area contributed by atoms with E-state index in [0.717, 1.165) is 4.90 Å². The van der Waals surface area contributed by atoms with Crippen LogP contribution in [0.2, 0.25) is 5.02 Å². The van der Waals surface area contributed by atoms with Crippen LogP contribution in [0, 0.1) is 0 Å². The normalized spacial score (nSPS) is 14.6. The molecule has 32 heavy (non-hydrogen) atoms. The highest BCUT2D eigenvalue weighted by molar-refractivity contribution is 8.18. The third-order valence-corrected chi connectivity index (χ3v) is 5.61. The summed E-state index contributed by atoms with van der Waals surface area (Å²) in [6, 6.07) is 7.65. The Morgan fingerprint density at radius 2 is 1.72 bits per heavy atom. The van der Waals surface area contributed by atoms with Gasteiger partial charge >= 0.3 is 0 Å². The first-order valence-electron chi connectivity index (χ1n) is 9.11. The molecule has 1 fully saturated rings. The molecule has 3 rings (SSSR count). The van der Waals surface area contributed by atoms with Gasteiger partial charge in [0, 0.05) is 5.69 Å². The van der Waals surface area contributed by atoms with Crippen molar-refractivity contribution in [1.82, 2.24) is 4.90 Å². The third kappa shape index (κ3) is 4.92. The number of imide groups is 1. The second kappa shape index (κ2) is 9.84. The number of hydrogen-bond donors (Lipinski definition) is 2. The quantitative estimate of drug-likeness (QED) is 0.578. The molecule has 1 aliphatic heterocycles. The number of carbonyl (C=O) groups excluding carboxylic acids is 3. The number of halogens is 1. The number of nitrogens with zero attached hydrogens (tertiary/aromatic N) is 1. The molecule has 1 saturated heterocycles. The van der Waals surface area contributed by atoms with E-state index in [2.05, 4.69) is 5.32 Å². The van der Waals surface area contributed by atoms with Crippen molar-refractivity contribution in [3.8, 4) is 23.0 Å². The van der Waals surface area contributed by atoms with Crippen LogP contribution in [-0.4, -0.2) is 54.9 Å². The summed E-state index contributed by atoms with van der Waals surface area (Å²) in [5, 5.41) is 12.3. The molecule has 1 heterocycles. The first-order valence-corrected chi connectivity index (χ1v) is 10.3. The standard InChI is InChI=1S/C21H19ClN2O7S/c1-29-14-5-4-12(9-13(14)22)23-18(25)10-24-20(27)17(32-21(24)28)8-11-6-15(30-2)19(26)16(7-11)31-3/h4-9,26H,10H2,1-3H3,(H,23,25)/b17-8+. The molecule has 11 heteroatoms. The lowest BCUT2D eigenvalue weighted by atomic mass is 10.1. The highest BCUT2D eigenvalue weighted by Gasteiger charge is 2.36. The molecule has 1 aliphatic rings. The third-order valence-electron chi connectivity index (χ3n) is 4.41. The van der Waals surface area contributed by atoms with Crippen LogP contribution in [0.1, 0.15) is 5.56 Å². The van der Waals surface area contributed by atoms with Crippen molar-refractivity contribution in [2.24, 2.45) is 0 Å². The number of ether oxygens (including phenoxy) is 3. The molecule has 168 valence electrons. The largest absolute Gasteiger partial charge is 0.502 e. The molecule has 2 aromatic carbocycles. The number of phenolic OH excluding ortho intramolecular Hbond substituents is 1. The SMILES string of the molecule is COc1ccc(NC(=O)CN2C(=O)S/C(=C/c3cc(OC)c(O)c(OC)c3)C2=O)cc1Cl. The topological polar surface area (TPSA) is 114 Å². The van der Waals surface area contributed by atoms with Gasteiger partial charge in [-0.15, -0.1) is 0 Å². The predicted molar refractivity (Wildman–Crippen MR) is 121 cm³/mol. The molecule has 0 aromatic heterocycles. The molecule has 9 nitrogen and oxygen atoms in total. The fourth-order valence-electron chi connectivity index (χ4n) is 2.87. The maximum atomic E-state index is 12.7. The van der Waals surface area contributed by atoms with E-state index in [9.17, 15) is 19.5 Å². The van der Waals surface area contributed by atoms with Gasteiger partial charge in [0.1, 0.15) is 12.3 Å². The molecule has 0 radical (unpaired) electrons. The van der Waals surface area contributed by atoms with Crippen LogP contribution in [0.3, 0.4) is 0 Å². The Kier molecular flexibility index (Phi) is 7.16. The molecule has 0 spiro atoms. The summed E-state index contributed by atoms with van der Waals surface area (Å²) in [5.41, 5.74) is 0.867. The van der Waals surface area contributed by atoms with Crippen molar-refractivity contribution in [2.45, 2.75) is 0 Å². The van der Waals surface area contributed by atoms with E-state index in [0.29, 0.717) is 33.8 Å². The van der Waals surface area contributed by atoms with Crippen LogP contribution in [0.4, 0.5) is 10.5 Å². The monoisotopic (exact) mass is 478 g/mol. The zero-order chi connectivity index (χ0) is 23.4. The Morgan fingerprint density at radius 3 is 2.28 bits per heavy atom. The number of rotatable bonds is 7. The molecule has 2 aromatic rings. The van der Waals surface area contributed by atoms with Gasteiger partial charge in [-0.3, -0.25) is 19.3 Å². The van der Waals surface area contributed by atoms with Gasteiger partial charge in [0.25, 0.3) is 11.1 Å². The van der Waals surface area contributed by atoms with Crippen molar-refractivity contribution in [3.63, 3.8) is 0 Å². The van der Waals surface area contributed by atoms with Gasteiger partial charge < -0.3 is 24.6 Å². The smallest absolute Gasteiger partial charge is 0.294 e. The maximum Gasteiger partial charge on any atom is 0.294 e. The molecular formula is C21H19ClN2O7S. The fraction of sp³-hybridized carbons (Fsp3) is 0.190. The number of anilines is 1. The highest BCUT2D eigenvalue weighted by Crippen LogP contribution is 2.39. The van der Waals surface area contributed by atoms with Crippen LogP contribution in [0.25, 0.3) is 6.08 Å². The van der Waals surface area contributed by atoms with Gasteiger partial charge in [-0.05, 0) is 53.7 Å². The van der Waals surface area contributed by atoms with Crippen LogP contribution >= 0.6 is 23.4 Å². The van der Waals surface area contributed by atoms with E-state index in [1.54, 1.807) is 12.1 Å². The Balaban J connectivity index is 1.74. The Bertz CT molecular complexity index is 1090. The van der Waals surface area contributed by atoms with Gasteiger partial charge in [0.05, 0.1) is 31.3 Å². The summed E-state index contributed by atoms with van der Waals surface area (Å²) in [7, 11) is 4.22. The lowest BCUT2D eigenvalue weighted by Gasteiger charge is -2.13. The number of amides is 3. The fourth-order valence-corrected chi connectivity index (χ4v) is 3.97. The lowest BCUT2D eigenvalue weighted by molar-refractivity contribution is -0.127. The number of phenols is 1. The van der Waals surface area contributed by atoms with Gasteiger partial charge in [0.2, 0.25) is 11.7 Å². The summed E-state index contributed by atoms with van der Waals surface area (Å²) in [5.74, 6) is -0.629. The zero-order valence-corrected chi connectivity index (χ0v) is 18.9. The first-order chi connectivity index (χ1) is 15.3. The van der Waals surface area contributed by atoms with Gasteiger partial charge in [-0.25, -0.2) is 0 Å². The minimum absolute atomic E-state index is 0.116. The van der Waals surface area contributed by atoms with E-state index < -0.39 is 23.6 Å². The van der Waals surface area contributed by atoms with Crippen molar-refractivity contribution in [3.05, 3.63) is 45.8 Å². The van der Waals surface area contributed by atoms with Crippen LogP contribution in [0.15, 0.2) is 35.2 Å². The Morgan fingerprint density at radius 1 is 1.09 bits per heavy atom. The predicted octanol–water partition coefficient (Wildman–Crippen LogP) is 3.75. The second-order valence-corrected chi connectivity index (χ2v) is 7.84. The number of hydrogen-bond acceptors (Lipinski definition) is 8. The molecule has 0 aliphatic carbocycles. The zero-order valence-electron chi connectivity index (χ0n) is 17.3. The molecule has 0 unspecified atom stereocenters. The lowest BCUT2D eigenvalue weighted by Crippen LogP contribution is -2.36. The second-order valence-electron chi connectivity index (χ2n) is 6.44. The number of nitrogens with one attached hydrogen (secondary N) is 1. The number of thioether (sulfide) groups is 1. The van der Waals surface area contributed by atoms with Crippen molar-refractivity contribution < 1.29 is 33.7 Å². The first kappa shape index (κ1) is 23.3. The van der Waals surface area contributed by atoms with Crippen LogP contribution in [-0.2, 0) is 9.59 Å². The number of benzene rings is 2. The number of aromatic hydroxyl groups is 1. The molecule has 0 saturated carbocycles. The van der Waals surface area contributed by atoms with Crippen LogP contribution in [0.5, 0.6) is 23.0 Å². The van der Waals surface area contributed by atoms with E-state index in [-0.39, 0.29) is 22.2 Å². The summed E-state index contributed by atoms with van der Waals surface area (Å²) in [6.45, 7) is -0.464. The average molecular weight is 479 g/mol. The molecule has 2 N–H and O–H groups in total. The minimum Gasteiger partial charge on any atom is -0.502 e. The Hall–Kier alpha value is -3.37. The van der Waals surface area contributed by atoms with E-state index in [4.69, 9.17) is 25.8 Å². The van der Waals surface area contributed by atoms with Crippen molar-refractivity contribution in [2.75, 3.05) is 33.2 Å². The number of carbonyl (C=O) groups is 3. The summed E-state index contributed by atoms with van der Waals surface area (Å²) in [6.07, 6.45) is 1.45. The summed E-state index contributed by atoms with van der Waals surface area (Å²) >= 11 is 6.74. The Labute approximate surface area is 192 Å². The van der Waals surface area contributed by atoms with E-state index >= 15 is 0 Å². The van der Waals surface area contributed by atoms with Crippen LogP contribution < -0.4 is 19.5 Å².